The summed E-state index contributed by atoms with van der Waals surface area (Å²) >= 11 is 0. The quantitative estimate of drug-likeness (QED) is 0.875. The number of ketones is 2. The van der Waals surface area contributed by atoms with Gasteiger partial charge in [-0.25, -0.2) is 0 Å². The molecular weight excluding hydrogens is 300 g/mol. The third-order valence-corrected chi connectivity index (χ3v) is 4.88. The lowest BCUT2D eigenvalue weighted by Crippen LogP contribution is -2.24. The van der Waals surface area contributed by atoms with Crippen molar-refractivity contribution in [2.45, 2.75) is 38.2 Å². The second-order valence-electron chi connectivity index (χ2n) is 6.65. The van der Waals surface area contributed by atoms with Crippen LogP contribution in [0.4, 0.5) is 0 Å². The van der Waals surface area contributed by atoms with Crippen molar-refractivity contribution in [3.63, 3.8) is 0 Å². The van der Waals surface area contributed by atoms with Crippen molar-refractivity contribution in [2.75, 3.05) is 0 Å². The molecule has 0 saturated heterocycles. The number of Topliss-reactive ketones (excluding diaryl/α,β-unsaturated/α-hetero) is 2. The number of carbonyl (C=O) groups is 2. The van der Waals surface area contributed by atoms with Gasteiger partial charge < -0.3 is 9.90 Å². The van der Waals surface area contributed by atoms with E-state index in [1.54, 1.807) is 6.92 Å². The van der Waals surface area contributed by atoms with Gasteiger partial charge in [0.15, 0.2) is 0 Å². The average molecular weight is 322 g/mol. The Morgan fingerprint density at radius 2 is 1.79 bits per heavy atom. The fraction of sp³-hybridized carbons (Fsp3) is 0.333. The molecule has 3 atom stereocenters. The van der Waals surface area contributed by atoms with E-state index in [4.69, 9.17) is 0 Å². The van der Waals surface area contributed by atoms with Crippen molar-refractivity contribution in [3.8, 4) is 0 Å². The Labute approximate surface area is 142 Å². The van der Waals surface area contributed by atoms with Gasteiger partial charge in [0.25, 0.3) is 0 Å². The van der Waals surface area contributed by atoms with Crippen LogP contribution in [0.3, 0.4) is 0 Å². The predicted octanol–water partition coefficient (Wildman–Crippen LogP) is 3.61. The van der Waals surface area contributed by atoms with Gasteiger partial charge in [-0.3, -0.25) is 4.79 Å². The molecule has 2 aromatic carbocycles. The summed E-state index contributed by atoms with van der Waals surface area (Å²) < 4.78 is 0. The molecule has 0 amide bonds. The van der Waals surface area contributed by atoms with Crippen molar-refractivity contribution in [1.29, 1.82) is 0 Å². The van der Waals surface area contributed by atoms with Gasteiger partial charge in [-0.2, -0.15) is 0 Å². The van der Waals surface area contributed by atoms with Gasteiger partial charge >= 0.3 is 0 Å². The number of hydrogen-bond acceptors (Lipinski definition) is 3. The minimum Gasteiger partial charge on any atom is -0.388 e. The van der Waals surface area contributed by atoms with Crippen LogP contribution in [-0.4, -0.2) is 16.7 Å². The van der Waals surface area contributed by atoms with E-state index in [1.165, 1.54) is 0 Å². The lowest BCUT2D eigenvalue weighted by Gasteiger charge is -2.30. The van der Waals surface area contributed by atoms with Crippen LogP contribution in [0.1, 0.15) is 48.5 Å². The van der Waals surface area contributed by atoms with Crippen molar-refractivity contribution in [2.24, 2.45) is 5.92 Å². The Morgan fingerprint density at radius 1 is 1.12 bits per heavy atom. The molecule has 2 aromatic rings. The zero-order valence-corrected chi connectivity index (χ0v) is 13.8. The monoisotopic (exact) mass is 322 g/mol. The number of rotatable bonds is 4. The molecule has 1 aliphatic carbocycles. The van der Waals surface area contributed by atoms with Crippen molar-refractivity contribution in [1.82, 2.24) is 0 Å². The molecule has 3 unspecified atom stereocenters. The van der Waals surface area contributed by atoms with Crippen LogP contribution in [0, 0.1) is 5.92 Å². The fourth-order valence-corrected chi connectivity index (χ4v) is 3.76. The van der Waals surface area contributed by atoms with Crippen molar-refractivity contribution in [3.05, 3.63) is 71.3 Å². The van der Waals surface area contributed by atoms with Crippen LogP contribution >= 0.6 is 0 Å². The molecule has 3 heteroatoms. The molecule has 0 bridgehead atoms. The van der Waals surface area contributed by atoms with E-state index in [2.05, 4.69) is 0 Å². The molecule has 0 spiro atoms. The second kappa shape index (κ2) is 7.10. The van der Waals surface area contributed by atoms with Crippen LogP contribution in [0.15, 0.2) is 54.6 Å². The van der Waals surface area contributed by atoms with Gasteiger partial charge in [0, 0.05) is 25.2 Å². The molecule has 0 fully saturated rings. The first-order valence-electron chi connectivity index (χ1n) is 8.38. The van der Waals surface area contributed by atoms with Crippen LogP contribution < -0.4 is 0 Å². The summed E-state index contributed by atoms with van der Waals surface area (Å²) in [5.41, 5.74) is 2.72. The van der Waals surface area contributed by atoms with E-state index in [0.717, 1.165) is 16.7 Å². The molecule has 3 nitrogen and oxygen atoms in total. The largest absolute Gasteiger partial charge is 0.388 e. The first-order valence-corrected chi connectivity index (χ1v) is 8.38. The Bertz CT molecular complexity index is 736. The first kappa shape index (κ1) is 16.6. The molecule has 0 heterocycles. The van der Waals surface area contributed by atoms with E-state index in [0.29, 0.717) is 19.3 Å². The minimum absolute atomic E-state index is 0.0704. The van der Waals surface area contributed by atoms with E-state index < -0.39 is 6.10 Å². The molecule has 0 radical (unpaired) electrons. The third-order valence-electron chi connectivity index (χ3n) is 4.88. The highest BCUT2D eigenvalue weighted by atomic mass is 16.3. The summed E-state index contributed by atoms with van der Waals surface area (Å²) in [6.45, 7) is 1.56. The van der Waals surface area contributed by atoms with Crippen LogP contribution in [-0.2, 0) is 16.0 Å². The zero-order chi connectivity index (χ0) is 17.1. The Kier molecular flexibility index (Phi) is 4.91. The van der Waals surface area contributed by atoms with Gasteiger partial charge in [0.1, 0.15) is 11.6 Å². The maximum Gasteiger partial charge on any atom is 0.137 e. The van der Waals surface area contributed by atoms with Crippen LogP contribution in [0.5, 0.6) is 0 Å². The standard InChI is InChI=1S/C21H22O3/c1-14(22)11-19(15-7-3-2-4-8-15)20-13-17(23)12-16-9-5-6-10-18(16)21(20)24/h2-10,19-21,24H,11-13H2,1H3. The van der Waals surface area contributed by atoms with Gasteiger partial charge in [-0.05, 0) is 29.5 Å². The van der Waals surface area contributed by atoms with E-state index in [-0.39, 0.29) is 23.4 Å². The Balaban J connectivity index is 2.03. The summed E-state index contributed by atoms with van der Waals surface area (Å²) in [5, 5.41) is 11.0. The summed E-state index contributed by atoms with van der Waals surface area (Å²) in [7, 11) is 0. The molecule has 24 heavy (non-hydrogen) atoms. The Hall–Kier alpha value is -2.26. The maximum absolute atomic E-state index is 12.4. The first-order chi connectivity index (χ1) is 11.6. The number of aliphatic hydroxyl groups is 1. The van der Waals surface area contributed by atoms with Gasteiger partial charge in [0.2, 0.25) is 0 Å². The molecule has 1 aliphatic rings. The number of fused-ring (bicyclic) bond motifs is 1. The molecule has 124 valence electrons. The molecule has 0 saturated carbocycles. The van der Waals surface area contributed by atoms with Crippen LogP contribution in [0.25, 0.3) is 0 Å². The Morgan fingerprint density at radius 3 is 2.50 bits per heavy atom. The lowest BCUT2D eigenvalue weighted by molar-refractivity contribution is -0.122. The highest BCUT2D eigenvalue weighted by molar-refractivity contribution is 5.83. The highest BCUT2D eigenvalue weighted by Crippen LogP contribution is 2.42. The molecule has 3 rings (SSSR count). The highest BCUT2D eigenvalue weighted by Gasteiger charge is 2.36. The molecular formula is C21H22O3. The third kappa shape index (κ3) is 3.46. The van der Waals surface area contributed by atoms with E-state index >= 15 is 0 Å². The number of benzene rings is 2. The van der Waals surface area contributed by atoms with Crippen LogP contribution in [0.2, 0.25) is 0 Å². The lowest BCUT2D eigenvalue weighted by atomic mass is 9.76. The summed E-state index contributed by atoms with van der Waals surface area (Å²) in [6, 6.07) is 17.3. The zero-order valence-electron chi connectivity index (χ0n) is 13.8. The molecule has 1 N–H and O–H groups in total. The summed E-state index contributed by atoms with van der Waals surface area (Å²) in [6.07, 6.45) is 0.243. The maximum atomic E-state index is 12.4. The van der Waals surface area contributed by atoms with E-state index in [1.807, 2.05) is 54.6 Å². The number of carbonyl (C=O) groups excluding carboxylic acids is 2. The van der Waals surface area contributed by atoms with Crippen molar-refractivity contribution < 1.29 is 14.7 Å². The normalized spacial score (nSPS) is 21.7. The predicted molar refractivity (Wildman–Crippen MR) is 92.7 cm³/mol. The SMILES string of the molecule is CC(=O)CC(c1ccccc1)C1CC(=O)Cc2ccccc2C1O. The smallest absolute Gasteiger partial charge is 0.137 e. The molecule has 0 aliphatic heterocycles. The number of aliphatic hydroxyl groups excluding tert-OH is 1. The fourth-order valence-electron chi connectivity index (χ4n) is 3.76. The second-order valence-corrected chi connectivity index (χ2v) is 6.65. The average Bonchev–Trinajstić information content (AvgIpc) is 2.70. The topological polar surface area (TPSA) is 54.4 Å². The number of hydrogen-bond donors (Lipinski definition) is 1. The molecule has 0 aromatic heterocycles. The van der Waals surface area contributed by atoms with Gasteiger partial charge in [0.05, 0.1) is 6.10 Å². The van der Waals surface area contributed by atoms with E-state index in [9.17, 15) is 14.7 Å². The minimum atomic E-state index is -0.739. The summed E-state index contributed by atoms with van der Waals surface area (Å²) in [5.74, 6) is -0.254. The van der Waals surface area contributed by atoms with Gasteiger partial charge in [-0.1, -0.05) is 54.6 Å². The van der Waals surface area contributed by atoms with Crippen molar-refractivity contribution >= 4 is 11.6 Å². The van der Waals surface area contributed by atoms with Gasteiger partial charge in [-0.15, -0.1) is 0 Å². The summed E-state index contributed by atoms with van der Waals surface area (Å²) in [4.78, 5) is 24.3.